The fraction of sp³-hybridized carbons (Fsp3) is 0.333. The molecule has 1 rings (SSSR count). The van der Waals surface area contributed by atoms with Crippen LogP contribution < -0.4 is 5.73 Å². The van der Waals surface area contributed by atoms with Crippen LogP contribution in [0, 0.1) is 0 Å². The summed E-state index contributed by atoms with van der Waals surface area (Å²) in [6, 6.07) is 3.14. The van der Waals surface area contributed by atoms with Crippen LogP contribution in [0.15, 0.2) is 18.3 Å². The molecule has 0 saturated carbocycles. The van der Waals surface area contributed by atoms with Gasteiger partial charge in [-0.15, -0.1) is 0 Å². The fourth-order valence-electron chi connectivity index (χ4n) is 1.05. The number of hydrogen-bond acceptors (Lipinski definition) is 3. The first-order valence-electron chi connectivity index (χ1n) is 4.02. The second-order valence-corrected chi connectivity index (χ2v) is 2.95. The Labute approximate surface area is 76.4 Å². The van der Waals surface area contributed by atoms with Gasteiger partial charge in [-0.25, -0.2) is 0 Å². The molecule has 3 N–H and O–H groups in total. The number of nitrogens with two attached hydrogens (primary N) is 1. The highest BCUT2D eigenvalue weighted by atomic mass is 16.3. The number of aromatic nitrogens is 1. The third kappa shape index (κ3) is 2.83. The van der Waals surface area contributed by atoms with Gasteiger partial charge in [0, 0.05) is 23.9 Å². The summed E-state index contributed by atoms with van der Waals surface area (Å²) < 4.78 is 0. The standard InChI is InChI=1S/C9H12N2O2/c1-6(12)4-8-5-7(9(10)13)2-3-11-8/h2-3,5-6,12H,4H2,1H3,(H2,10,13). The Morgan fingerprint density at radius 2 is 2.46 bits per heavy atom. The zero-order valence-electron chi connectivity index (χ0n) is 7.40. The molecule has 4 nitrogen and oxygen atoms in total. The van der Waals surface area contributed by atoms with E-state index in [-0.39, 0.29) is 0 Å². The molecule has 0 aromatic carbocycles. The van der Waals surface area contributed by atoms with E-state index in [2.05, 4.69) is 4.98 Å². The molecule has 13 heavy (non-hydrogen) atoms. The molecule has 1 atom stereocenters. The predicted molar refractivity (Wildman–Crippen MR) is 48.1 cm³/mol. The highest BCUT2D eigenvalue weighted by Crippen LogP contribution is 2.03. The van der Waals surface area contributed by atoms with Crippen LogP contribution in [-0.4, -0.2) is 22.1 Å². The van der Waals surface area contributed by atoms with E-state index < -0.39 is 12.0 Å². The summed E-state index contributed by atoms with van der Waals surface area (Å²) in [6.07, 6.45) is 1.48. The molecule has 0 fully saturated rings. The van der Waals surface area contributed by atoms with Crippen LogP contribution >= 0.6 is 0 Å². The largest absolute Gasteiger partial charge is 0.393 e. The molecule has 1 aromatic rings. The van der Waals surface area contributed by atoms with Crippen molar-refractivity contribution >= 4 is 5.91 Å². The van der Waals surface area contributed by atoms with Gasteiger partial charge in [-0.3, -0.25) is 9.78 Å². The SMILES string of the molecule is CC(O)Cc1cc(C(N)=O)ccn1. The number of amides is 1. The topological polar surface area (TPSA) is 76.2 Å². The maximum absolute atomic E-state index is 10.8. The van der Waals surface area contributed by atoms with Gasteiger partial charge >= 0.3 is 0 Å². The van der Waals surface area contributed by atoms with Crippen molar-refractivity contribution in [2.45, 2.75) is 19.4 Å². The minimum Gasteiger partial charge on any atom is -0.393 e. The second-order valence-electron chi connectivity index (χ2n) is 2.95. The summed E-state index contributed by atoms with van der Waals surface area (Å²) in [5, 5.41) is 9.08. The van der Waals surface area contributed by atoms with Gasteiger partial charge in [0.15, 0.2) is 0 Å². The smallest absolute Gasteiger partial charge is 0.248 e. The Morgan fingerprint density at radius 1 is 1.77 bits per heavy atom. The van der Waals surface area contributed by atoms with E-state index in [9.17, 15) is 4.79 Å². The van der Waals surface area contributed by atoms with Gasteiger partial charge < -0.3 is 10.8 Å². The van der Waals surface area contributed by atoms with E-state index in [0.717, 1.165) is 0 Å². The van der Waals surface area contributed by atoms with E-state index in [1.54, 1.807) is 19.1 Å². The Bertz CT molecular complexity index is 310. The minimum absolute atomic E-state index is 0.422. The lowest BCUT2D eigenvalue weighted by atomic mass is 10.1. The van der Waals surface area contributed by atoms with Crippen LogP contribution in [0.5, 0.6) is 0 Å². The molecule has 0 spiro atoms. The molecule has 1 aromatic heterocycles. The Hall–Kier alpha value is -1.42. The maximum atomic E-state index is 10.8. The molecule has 70 valence electrons. The first-order valence-corrected chi connectivity index (χ1v) is 4.02. The second kappa shape index (κ2) is 4.00. The minimum atomic E-state index is -0.478. The van der Waals surface area contributed by atoms with Gasteiger partial charge in [0.05, 0.1) is 6.10 Å². The van der Waals surface area contributed by atoms with E-state index in [4.69, 9.17) is 10.8 Å². The van der Waals surface area contributed by atoms with Crippen LogP contribution in [0.4, 0.5) is 0 Å². The molecule has 0 aliphatic carbocycles. The third-order valence-corrected chi connectivity index (χ3v) is 1.61. The van der Waals surface area contributed by atoms with Crippen molar-refractivity contribution < 1.29 is 9.90 Å². The molecule has 1 unspecified atom stereocenters. The Balaban J connectivity index is 2.85. The molecule has 1 amide bonds. The van der Waals surface area contributed by atoms with E-state index in [0.29, 0.717) is 17.7 Å². The molecule has 0 aliphatic heterocycles. The highest BCUT2D eigenvalue weighted by Gasteiger charge is 2.04. The summed E-state index contributed by atoms with van der Waals surface area (Å²) in [7, 11) is 0. The van der Waals surface area contributed by atoms with Crippen molar-refractivity contribution in [1.29, 1.82) is 0 Å². The van der Waals surface area contributed by atoms with Crippen molar-refractivity contribution in [1.82, 2.24) is 4.98 Å². The molecule has 0 aliphatic rings. The van der Waals surface area contributed by atoms with Gasteiger partial charge in [0.25, 0.3) is 0 Å². The zero-order chi connectivity index (χ0) is 9.84. The van der Waals surface area contributed by atoms with Crippen LogP contribution in [-0.2, 0) is 6.42 Å². The Kier molecular flexibility index (Phi) is 2.97. The van der Waals surface area contributed by atoms with Gasteiger partial charge in [0.1, 0.15) is 0 Å². The first-order chi connectivity index (χ1) is 6.09. The van der Waals surface area contributed by atoms with E-state index >= 15 is 0 Å². The van der Waals surface area contributed by atoms with Crippen molar-refractivity contribution in [2.75, 3.05) is 0 Å². The maximum Gasteiger partial charge on any atom is 0.248 e. The normalized spacial score (nSPS) is 12.5. The van der Waals surface area contributed by atoms with Gasteiger partial charge in [-0.2, -0.15) is 0 Å². The first kappa shape index (κ1) is 9.67. The zero-order valence-corrected chi connectivity index (χ0v) is 7.40. The van der Waals surface area contributed by atoms with E-state index in [1.165, 1.54) is 6.20 Å². The number of carbonyl (C=O) groups is 1. The average Bonchev–Trinajstić information content (AvgIpc) is 2.03. The number of aliphatic hydroxyl groups is 1. The van der Waals surface area contributed by atoms with Crippen molar-refractivity contribution in [3.63, 3.8) is 0 Å². The number of hydrogen-bond donors (Lipinski definition) is 2. The summed E-state index contributed by atoms with van der Waals surface area (Å²) in [5.41, 5.74) is 6.18. The predicted octanol–water partition coefficient (Wildman–Crippen LogP) is 0.104. The summed E-state index contributed by atoms with van der Waals surface area (Å²) in [5.74, 6) is -0.478. The molecule has 0 saturated heterocycles. The lowest BCUT2D eigenvalue weighted by Crippen LogP contribution is -2.13. The van der Waals surface area contributed by atoms with Crippen molar-refractivity contribution in [3.8, 4) is 0 Å². The number of nitrogens with zero attached hydrogens (tertiary/aromatic N) is 1. The molecular formula is C9H12N2O2. The van der Waals surface area contributed by atoms with Crippen LogP contribution in [0.25, 0.3) is 0 Å². The number of primary amides is 1. The van der Waals surface area contributed by atoms with Crippen LogP contribution in [0.3, 0.4) is 0 Å². The van der Waals surface area contributed by atoms with Crippen molar-refractivity contribution in [3.05, 3.63) is 29.6 Å². The summed E-state index contributed by atoms with van der Waals surface area (Å²) in [4.78, 5) is 14.8. The lowest BCUT2D eigenvalue weighted by Gasteiger charge is -2.03. The molecule has 0 radical (unpaired) electrons. The quantitative estimate of drug-likeness (QED) is 0.692. The molecule has 0 bridgehead atoms. The highest BCUT2D eigenvalue weighted by molar-refractivity contribution is 5.92. The molecule has 4 heteroatoms. The third-order valence-electron chi connectivity index (χ3n) is 1.61. The monoisotopic (exact) mass is 180 g/mol. The van der Waals surface area contributed by atoms with E-state index in [1.807, 2.05) is 0 Å². The summed E-state index contributed by atoms with van der Waals surface area (Å²) in [6.45, 7) is 1.67. The number of carbonyl (C=O) groups excluding carboxylic acids is 1. The van der Waals surface area contributed by atoms with Gasteiger partial charge in [-0.05, 0) is 19.1 Å². The number of pyridine rings is 1. The van der Waals surface area contributed by atoms with Crippen LogP contribution in [0.2, 0.25) is 0 Å². The number of rotatable bonds is 3. The van der Waals surface area contributed by atoms with Crippen molar-refractivity contribution in [2.24, 2.45) is 5.73 Å². The molecular weight excluding hydrogens is 168 g/mol. The number of aliphatic hydroxyl groups excluding tert-OH is 1. The van der Waals surface area contributed by atoms with Gasteiger partial charge in [-0.1, -0.05) is 0 Å². The van der Waals surface area contributed by atoms with Crippen LogP contribution in [0.1, 0.15) is 23.0 Å². The average molecular weight is 180 g/mol. The van der Waals surface area contributed by atoms with Gasteiger partial charge in [0.2, 0.25) is 5.91 Å². The lowest BCUT2D eigenvalue weighted by molar-refractivity contribution is 0.1000. The molecule has 1 heterocycles. The summed E-state index contributed by atoms with van der Waals surface area (Å²) >= 11 is 0. The fourth-order valence-corrected chi connectivity index (χ4v) is 1.05. The Morgan fingerprint density at radius 3 is 3.00 bits per heavy atom.